The van der Waals surface area contributed by atoms with E-state index in [1.165, 1.54) is 18.6 Å². The predicted octanol–water partition coefficient (Wildman–Crippen LogP) is 4.03. The smallest absolute Gasteiger partial charge is 0.244 e. The minimum atomic E-state index is -0.0450. The summed E-state index contributed by atoms with van der Waals surface area (Å²) in [5, 5.41) is 5.65. The van der Waals surface area contributed by atoms with Crippen molar-refractivity contribution < 1.29 is 4.79 Å². The molecular weight excluding hydrogens is 298 g/mol. The maximum atomic E-state index is 12.4. The highest BCUT2D eigenvalue weighted by molar-refractivity contribution is 5.95. The largest absolute Gasteiger partial charge is 0.361 e. The van der Waals surface area contributed by atoms with Crippen molar-refractivity contribution in [1.82, 2.24) is 10.4 Å². The van der Waals surface area contributed by atoms with Crippen LogP contribution in [0.5, 0.6) is 0 Å². The van der Waals surface area contributed by atoms with E-state index in [4.69, 9.17) is 0 Å². The van der Waals surface area contributed by atoms with Gasteiger partial charge in [0.25, 0.3) is 0 Å². The van der Waals surface area contributed by atoms with Crippen LogP contribution in [0.2, 0.25) is 0 Å². The zero-order valence-electron chi connectivity index (χ0n) is 14.6. The van der Waals surface area contributed by atoms with Gasteiger partial charge in [0.05, 0.1) is 6.42 Å². The second-order valence-corrected chi connectivity index (χ2v) is 8.12. The van der Waals surface area contributed by atoms with Gasteiger partial charge < -0.3 is 4.98 Å². The van der Waals surface area contributed by atoms with Crippen molar-refractivity contribution in [3.63, 3.8) is 0 Å². The van der Waals surface area contributed by atoms with Gasteiger partial charge in [0.1, 0.15) is 0 Å². The summed E-state index contributed by atoms with van der Waals surface area (Å²) < 4.78 is 0. The van der Waals surface area contributed by atoms with Crippen molar-refractivity contribution in [2.24, 2.45) is 21.8 Å². The summed E-state index contributed by atoms with van der Waals surface area (Å²) in [5.74, 6) is 0.656. The van der Waals surface area contributed by atoms with E-state index in [2.05, 4.69) is 36.3 Å². The molecule has 126 valence electrons. The fraction of sp³-hybridized carbons (Fsp3) is 0.500. The van der Waals surface area contributed by atoms with E-state index < -0.39 is 0 Å². The van der Waals surface area contributed by atoms with Gasteiger partial charge >= 0.3 is 0 Å². The van der Waals surface area contributed by atoms with Crippen LogP contribution in [0.15, 0.2) is 35.6 Å². The summed E-state index contributed by atoms with van der Waals surface area (Å²) in [5.41, 5.74) is 6.48. The number of hydrogen-bond acceptors (Lipinski definition) is 2. The molecule has 2 atom stereocenters. The van der Waals surface area contributed by atoms with E-state index in [1.54, 1.807) is 0 Å². The molecule has 4 heteroatoms. The Morgan fingerprint density at radius 1 is 1.33 bits per heavy atom. The third kappa shape index (κ3) is 2.12. The molecule has 0 saturated heterocycles. The molecule has 1 aromatic heterocycles. The lowest BCUT2D eigenvalue weighted by atomic mass is 9.70. The molecule has 1 heterocycles. The zero-order chi connectivity index (χ0) is 16.9. The number of fused-ring (bicyclic) bond motifs is 3. The summed E-state index contributed by atoms with van der Waals surface area (Å²) in [6, 6.07) is 8.05. The third-order valence-electron chi connectivity index (χ3n) is 6.85. The fourth-order valence-corrected chi connectivity index (χ4v) is 4.72. The topological polar surface area (TPSA) is 57.2 Å². The third-order valence-corrected chi connectivity index (χ3v) is 6.85. The Labute approximate surface area is 142 Å². The summed E-state index contributed by atoms with van der Waals surface area (Å²) in [6.07, 6.45) is 5.76. The normalized spacial score (nSPS) is 29.5. The molecule has 0 spiro atoms. The highest BCUT2D eigenvalue weighted by Crippen LogP contribution is 2.63. The van der Waals surface area contributed by atoms with Crippen molar-refractivity contribution in [3.8, 4) is 0 Å². The van der Waals surface area contributed by atoms with Crippen molar-refractivity contribution in [2.45, 2.75) is 46.5 Å². The first-order valence-electron chi connectivity index (χ1n) is 8.83. The number of rotatable bonds is 3. The Balaban J connectivity index is 1.48. The molecule has 1 amide bonds. The molecule has 2 aliphatic rings. The van der Waals surface area contributed by atoms with E-state index in [0.717, 1.165) is 22.9 Å². The molecule has 4 rings (SSSR count). The van der Waals surface area contributed by atoms with E-state index in [0.29, 0.717) is 12.3 Å². The number of nitrogens with zero attached hydrogens (tertiary/aromatic N) is 1. The van der Waals surface area contributed by atoms with Gasteiger partial charge in [0.15, 0.2) is 0 Å². The molecule has 2 bridgehead atoms. The van der Waals surface area contributed by atoms with Gasteiger partial charge in [-0.3, -0.25) is 4.79 Å². The molecule has 2 saturated carbocycles. The van der Waals surface area contributed by atoms with E-state index in [-0.39, 0.29) is 16.7 Å². The molecule has 24 heavy (non-hydrogen) atoms. The number of hydrogen-bond donors (Lipinski definition) is 2. The van der Waals surface area contributed by atoms with Crippen molar-refractivity contribution in [1.29, 1.82) is 0 Å². The van der Waals surface area contributed by atoms with Crippen LogP contribution >= 0.6 is 0 Å². The molecule has 2 N–H and O–H groups in total. The molecule has 2 aromatic rings. The number of carbonyl (C=O) groups excluding carboxylic acids is 1. The van der Waals surface area contributed by atoms with Gasteiger partial charge in [-0.25, -0.2) is 5.43 Å². The first kappa shape index (κ1) is 15.4. The van der Waals surface area contributed by atoms with Crippen LogP contribution < -0.4 is 5.43 Å². The van der Waals surface area contributed by atoms with Crippen molar-refractivity contribution in [2.75, 3.05) is 0 Å². The molecule has 0 aliphatic heterocycles. The number of H-pyrrole nitrogens is 1. The minimum Gasteiger partial charge on any atom is -0.361 e. The van der Waals surface area contributed by atoms with Gasteiger partial charge in [-0.1, -0.05) is 39.0 Å². The fourth-order valence-electron chi connectivity index (χ4n) is 4.72. The quantitative estimate of drug-likeness (QED) is 0.823. The maximum absolute atomic E-state index is 12.4. The van der Waals surface area contributed by atoms with Crippen molar-refractivity contribution >= 4 is 22.5 Å². The first-order valence-corrected chi connectivity index (χ1v) is 8.83. The lowest BCUT2D eigenvalue weighted by Crippen LogP contribution is -2.34. The van der Waals surface area contributed by atoms with Gasteiger partial charge in [-0.2, -0.15) is 5.10 Å². The van der Waals surface area contributed by atoms with Crippen LogP contribution in [0.25, 0.3) is 10.9 Å². The monoisotopic (exact) mass is 323 g/mol. The number of para-hydroxylation sites is 1. The summed E-state index contributed by atoms with van der Waals surface area (Å²) in [6.45, 7) is 7.01. The predicted molar refractivity (Wildman–Crippen MR) is 96.8 cm³/mol. The van der Waals surface area contributed by atoms with E-state index in [9.17, 15) is 4.79 Å². The second kappa shape index (κ2) is 5.20. The highest BCUT2D eigenvalue weighted by Gasteiger charge is 2.59. The Morgan fingerprint density at radius 2 is 2.12 bits per heavy atom. The van der Waals surface area contributed by atoms with Crippen molar-refractivity contribution in [3.05, 3.63) is 36.0 Å². The second-order valence-electron chi connectivity index (χ2n) is 8.12. The number of benzene rings is 1. The average Bonchev–Trinajstić information content (AvgIpc) is 3.12. The zero-order valence-corrected chi connectivity index (χ0v) is 14.6. The van der Waals surface area contributed by atoms with Crippen LogP contribution in [-0.4, -0.2) is 16.6 Å². The SMILES string of the molecule is CC1(C)[C@@H]2CC[C@@]1(C)/C(=N/NC(=O)Cc1c[nH]c3ccccc13)C2. The minimum absolute atomic E-state index is 0.0450. The van der Waals surface area contributed by atoms with Gasteiger partial charge in [0.2, 0.25) is 5.91 Å². The van der Waals surface area contributed by atoms with Gasteiger partial charge in [0, 0.05) is 28.2 Å². The lowest BCUT2D eigenvalue weighted by molar-refractivity contribution is -0.120. The first-order chi connectivity index (χ1) is 11.4. The Hall–Kier alpha value is -2.10. The Kier molecular flexibility index (Phi) is 3.34. The summed E-state index contributed by atoms with van der Waals surface area (Å²) >= 11 is 0. The summed E-state index contributed by atoms with van der Waals surface area (Å²) in [4.78, 5) is 15.6. The molecular formula is C20H25N3O. The van der Waals surface area contributed by atoms with E-state index >= 15 is 0 Å². The van der Waals surface area contributed by atoms with Crippen LogP contribution in [0.4, 0.5) is 0 Å². The number of aromatic amines is 1. The molecule has 4 nitrogen and oxygen atoms in total. The molecule has 0 radical (unpaired) electrons. The number of hydrazone groups is 1. The average molecular weight is 323 g/mol. The number of carbonyl (C=O) groups is 1. The molecule has 2 aliphatic carbocycles. The molecule has 2 fully saturated rings. The number of aromatic nitrogens is 1. The lowest BCUT2D eigenvalue weighted by Gasteiger charge is -2.34. The standard InChI is InChI=1S/C20H25N3O/c1-19(2)14-8-9-20(19,3)17(11-14)22-23-18(24)10-13-12-21-16-7-5-4-6-15(13)16/h4-7,12,14,21H,8-11H2,1-3H3,(H,23,24)/b22-17+/t14-,20+/m1/s1. The Morgan fingerprint density at radius 3 is 2.83 bits per heavy atom. The Bertz CT molecular complexity index is 832. The molecule has 1 aromatic carbocycles. The van der Waals surface area contributed by atoms with Crippen LogP contribution in [0.3, 0.4) is 0 Å². The highest BCUT2D eigenvalue weighted by atomic mass is 16.2. The van der Waals surface area contributed by atoms with Gasteiger partial charge in [-0.05, 0) is 42.2 Å². The van der Waals surface area contributed by atoms with E-state index in [1.807, 2.05) is 30.5 Å². The molecule has 0 unspecified atom stereocenters. The van der Waals surface area contributed by atoms with Crippen LogP contribution in [0, 0.1) is 16.7 Å². The number of nitrogens with one attached hydrogen (secondary N) is 2. The number of amides is 1. The van der Waals surface area contributed by atoms with Gasteiger partial charge in [-0.15, -0.1) is 0 Å². The maximum Gasteiger partial charge on any atom is 0.244 e. The van der Waals surface area contributed by atoms with Crippen LogP contribution in [-0.2, 0) is 11.2 Å². The summed E-state index contributed by atoms with van der Waals surface area (Å²) in [7, 11) is 0. The van der Waals surface area contributed by atoms with Crippen LogP contribution in [0.1, 0.15) is 45.6 Å².